The Bertz CT molecular complexity index is 717. The number of thioether (sulfide) groups is 2. The normalized spacial score (nSPS) is 18.1. The zero-order valence-corrected chi connectivity index (χ0v) is 21.3. The molecule has 0 fully saturated rings. The maximum Gasteiger partial charge on any atom is 0.114 e. The highest BCUT2D eigenvalue weighted by molar-refractivity contribution is 8.03. The van der Waals surface area contributed by atoms with Gasteiger partial charge in [0.1, 0.15) is 12.1 Å². The van der Waals surface area contributed by atoms with E-state index in [2.05, 4.69) is 82.9 Å². The summed E-state index contributed by atoms with van der Waals surface area (Å²) in [6.07, 6.45) is 7.04. The minimum atomic E-state index is 0.218. The number of allylic oxidation sites excluding steroid dienone is 5. The summed E-state index contributed by atoms with van der Waals surface area (Å²) in [5.74, 6) is 2.03. The predicted molar refractivity (Wildman–Crippen MR) is 137 cm³/mol. The first-order valence-corrected chi connectivity index (χ1v) is 12.6. The first-order chi connectivity index (χ1) is 13.0. The molecule has 0 atom stereocenters. The summed E-state index contributed by atoms with van der Waals surface area (Å²) in [6.45, 7) is 23.7. The van der Waals surface area contributed by atoms with Gasteiger partial charge in [0, 0.05) is 29.5 Å². The zero-order valence-electron chi connectivity index (χ0n) is 18.8. The highest BCUT2D eigenvalue weighted by atomic mass is 32.2. The van der Waals surface area contributed by atoms with Gasteiger partial charge in [0.25, 0.3) is 0 Å². The lowest BCUT2D eigenvalue weighted by molar-refractivity contribution is 0.163. The van der Waals surface area contributed by atoms with Crippen LogP contribution in [-0.4, -0.2) is 30.2 Å². The van der Waals surface area contributed by atoms with Crippen molar-refractivity contribution in [3.63, 3.8) is 0 Å². The number of nitrogens with zero attached hydrogens (tertiary/aromatic N) is 2. The van der Waals surface area contributed by atoms with Crippen molar-refractivity contribution in [1.82, 2.24) is 0 Å². The standard InChI is InChI=1S/C23H36N2S3/c1-11-12-21(27-15-23(7,8)22(4,5)6)18-13-20(25-28-24-9)19(14-26-10)17(3)16(18)2/h11-12H,1,9,13-15H2,2-8,10H3/b21-12-,25-20+. The van der Waals surface area contributed by atoms with Crippen LogP contribution >= 0.6 is 35.7 Å². The molecule has 0 unspecified atom stereocenters. The maximum atomic E-state index is 4.66. The van der Waals surface area contributed by atoms with Crippen molar-refractivity contribution >= 4 is 48.1 Å². The van der Waals surface area contributed by atoms with Gasteiger partial charge in [-0.05, 0) is 59.3 Å². The Balaban J connectivity index is 3.32. The van der Waals surface area contributed by atoms with Gasteiger partial charge in [-0.2, -0.15) is 16.2 Å². The molecule has 0 N–H and O–H groups in total. The SMILES string of the molecule is C=C/C=C(\SCC(C)(C)C(C)(C)C)C1=C(C)C(C)=C(CSC)/C(=N/SN=C)C1. The first kappa shape index (κ1) is 25.4. The second kappa shape index (κ2) is 10.9. The van der Waals surface area contributed by atoms with Gasteiger partial charge in [-0.25, -0.2) is 4.40 Å². The van der Waals surface area contributed by atoms with E-state index in [1.807, 2.05) is 29.6 Å². The Morgan fingerprint density at radius 1 is 1.14 bits per heavy atom. The molecule has 1 aliphatic rings. The van der Waals surface area contributed by atoms with Crippen LogP contribution in [0.4, 0.5) is 0 Å². The molecule has 0 aliphatic heterocycles. The van der Waals surface area contributed by atoms with Crippen LogP contribution in [0.3, 0.4) is 0 Å². The average Bonchev–Trinajstić information content (AvgIpc) is 2.61. The van der Waals surface area contributed by atoms with E-state index in [0.717, 1.165) is 23.6 Å². The average molecular weight is 437 g/mol. The van der Waals surface area contributed by atoms with Gasteiger partial charge in [0.15, 0.2) is 0 Å². The lowest BCUT2D eigenvalue weighted by Gasteiger charge is -2.39. The van der Waals surface area contributed by atoms with Gasteiger partial charge >= 0.3 is 0 Å². The van der Waals surface area contributed by atoms with Crippen LogP contribution in [-0.2, 0) is 0 Å². The summed E-state index contributed by atoms with van der Waals surface area (Å²) in [7, 11) is 0. The van der Waals surface area contributed by atoms with E-state index < -0.39 is 0 Å². The third-order valence-electron chi connectivity index (χ3n) is 5.84. The van der Waals surface area contributed by atoms with Crippen molar-refractivity contribution in [2.75, 3.05) is 17.8 Å². The van der Waals surface area contributed by atoms with E-state index in [-0.39, 0.29) is 10.8 Å². The fourth-order valence-corrected chi connectivity index (χ4v) is 5.21. The fraction of sp³-hybridized carbons (Fsp3) is 0.565. The quantitative estimate of drug-likeness (QED) is 0.208. The maximum absolute atomic E-state index is 4.66. The first-order valence-electron chi connectivity index (χ1n) is 9.54. The molecule has 0 aromatic rings. The minimum Gasteiger partial charge on any atom is -0.210 e. The molecule has 1 aliphatic carbocycles. The third-order valence-corrected chi connectivity index (χ3v) is 8.40. The lowest BCUT2D eigenvalue weighted by atomic mass is 9.71. The summed E-state index contributed by atoms with van der Waals surface area (Å²) >= 11 is 4.96. The highest BCUT2D eigenvalue weighted by Gasteiger charge is 2.33. The van der Waals surface area contributed by atoms with Crippen molar-refractivity contribution in [1.29, 1.82) is 0 Å². The Morgan fingerprint density at radius 3 is 2.29 bits per heavy atom. The van der Waals surface area contributed by atoms with Gasteiger partial charge in [-0.1, -0.05) is 47.3 Å². The van der Waals surface area contributed by atoms with Crippen LogP contribution in [0.15, 0.2) is 54.7 Å². The zero-order chi connectivity index (χ0) is 21.5. The Morgan fingerprint density at radius 2 is 1.79 bits per heavy atom. The second-order valence-electron chi connectivity index (χ2n) is 8.75. The number of hydrogen-bond donors (Lipinski definition) is 0. The van der Waals surface area contributed by atoms with E-state index in [9.17, 15) is 0 Å². The van der Waals surface area contributed by atoms with Gasteiger partial charge < -0.3 is 0 Å². The topological polar surface area (TPSA) is 24.7 Å². The molecule has 5 heteroatoms. The van der Waals surface area contributed by atoms with Gasteiger partial charge in [-0.3, -0.25) is 0 Å². The van der Waals surface area contributed by atoms with E-state index in [4.69, 9.17) is 0 Å². The van der Waals surface area contributed by atoms with Crippen molar-refractivity contribution in [2.24, 2.45) is 19.6 Å². The number of hydrogen-bond acceptors (Lipinski definition) is 5. The monoisotopic (exact) mass is 436 g/mol. The van der Waals surface area contributed by atoms with Crippen LogP contribution in [0.1, 0.15) is 54.9 Å². The third kappa shape index (κ3) is 6.43. The molecule has 0 aromatic heterocycles. The molecule has 0 radical (unpaired) electrons. The molecule has 2 nitrogen and oxygen atoms in total. The lowest BCUT2D eigenvalue weighted by Crippen LogP contribution is -2.32. The minimum absolute atomic E-state index is 0.218. The Hall–Kier alpha value is -0.650. The molecule has 0 amide bonds. The molecule has 28 heavy (non-hydrogen) atoms. The van der Waals surface area contributed by atoms with E-state index in [1.165, 1.54) is 39.3 Å². The van der Waals surface area contributed by atoms with Crippen molar-refractivity contribution in [2.45, 2.75) is 54.9 Å². The van der Waals surface area contributed by atoms with E-state index in [1.54, 1.807) is 0 Å². The molecule has 156 valence electrons. The largest absolute Gasteiger partial charge is 0.210 e. The van der Waals surface area contributed by atoms with E-state index in [0.29, 0.717) is 0 Å². The van der Waals surface area contributed by atoms with E-state index >= 15 is 0 Å². The molecule has 0 heterocycles. The predicted octanol–water partition coefficient (Wildman–Crippen LogP) is 7.97. The molecule has 0 aromatic carbocycles. The van der Waals surface area contributed by atoms with Crippen molar-refractivity contribution in [3.8, 4) is 0 Å². The molecular formula is C23H36N2S3. The summed E-state index contributed by atoms with van der Waals surface area (Å²) in [4.78, 5) is 1.30. The molecule has 1 rings (SSSR count). The van der Waals surface area contributed by atoms with Gasteiger partial charge in [0.05, 0.1) is 5.71 Å². The van der Waals surface area contributed by atoms with Crippen molar-refractivity contribution < 1.29 is 0 Å². The Labute approximate surface area is 185 Å². The van der Waals surface area contributed by atoms with Crippen LogP contribution in [0.2, 0.25) is 0 Å². The summed E-state index contributed by atoms with van der Waals surface area (Å²) in [5, 5.41) is 0. The molecular weight excluding hydrogens is 400 g/mol. The smallest absolute Gasteiger partial charge is 0.114 e. The van der Waals surface area contributed by atoms with Crippen LogP contribution in [0.5, 0.6) is 0 Å². The summed E-state index contributed by atoms with van der Waals surface area (Å²) in [5.41, 5.74) is 6.99. The fourth-order valence-electron chi connectivity index (χ4n) is 2.67. The molecule has 0 bridgehead atoms. The molecule has 0 saturated heterocycles. The van der Waals surface area contributed by atoms with Crippen LogP contribution in [0, 0.1) is 10.8 Å². The molecule has 0 spiro atoms. The summed E-state index contributed by atoms with van der Waals surface area (Å²) < 4.78 is 8.53. The molecule has 0 saturated carbocycles. The van der Waals surface area contributed by atoms with Crippen molar-refractivity contribution in [3.05, 3.63) is 45.9 Å². The summed E-state index contributed by atoms with van der Waals surface area (Å²) in [6, 6.07) is 0. The highest BCUT2D eigenvalue weighted by Crippen LogP contribution is 2.45. The van der Waals surface area contributed by atoms with Gasteiger partial charge in [-0.15, -0.1) is 11.8 Å². The second-order valence-corrected chi connectivity index (χ2v) is 11.2. The van der Waals surface area contributed by atoms with Gasteiger partial charge in [0.2, 0.25) is 0 Å². The van der Waals surface area contributed by atoms with Crippen LogP contribution in [0.25, 0.3) is 0 Å². The Kier molecular flexibility index (Phi) is 9.92. The van der Waals surface area contributed by atoms with Crippen LogP contribution < -0.4 is 0 Å². The number of rotatable bonds is 9.